The van der Waals surface area contributed by atoms with Crippen LogP contribution in [0, 0.1) is 0 Å². The predicted octanol–water partition coefficient (Wildman–Crippen LogP) is 13.3. The molecule has 0 fully saturated rings. The van der Waals surface area contributed by atoms with Gasteiger partial charge in [-0.3, -0.25) is 0 Å². The lowest BCUT2D eigenvalue weighted by molar-refractivity contribution is 0.668. The van der Waals surface area contributed by atoms with Gasteiger partial charge in [-0.25, -0.2) is 9.97 Å². The fourth-order valence-electron chi connectivity index (χ4n) is 9.00. The SMILES string of the molecule is C1=CCCC(n2c3ccccc3c3ccc4c5ccccc5n(-c5ccc6c(c5)oc5cccc(-c7nc(-c8ccccc8)c8ccccc8n7)c56)c4c32)=C1. The van der Waals surface area contributed by atoms with Crippen LogP contribution in [0.15, 0.2) is 174 Å². The standard InChI is InChI=1S/C50H32N4O/c1-3-14-31(15-4-1)47-38-20-7-10-22-41(38)51-50(52-47)40-21-13-25-44-46(40)39-27-26-33(30-45(39)55-44)54-43-24-12-9-19-35(43)37-29-28-36-34-18-8-11-23-42(34)53(48(36)49(37)54)32-16-5-2-6-17-32/h1-5,7-16,18-30H,6,17H2. The molecular formula is C50H32N4O. The topological polar surface area (TPSA) is 48.8 Å². The number of nitrogens with zero attached hydrogens (tertiary/aromatic N) is 4. The Kier molecular flexibility index (Phi) is 6.39. The first-order valence-electron chi connectivity index (χ1n) is 18.9. The van der Waals surface area contributed by atoms with Crippen molar-refractivity contribution >= 4 is 82.2 Å². The number of rotatable bonds is 4. The second-order valence-electron chi connectivity index (χ2n) is 14.4. The summed E-state index contributed by atoms with van der Waals surface area (Å²) in [5.41, 5.74) is 12.6. The molecule has 0 atom stereocenters. The summed E-state index contributed by atoms with van der Waals surface area (Å²) in [6.07, 6.45) is 8.75. The molecule has 0 saturated heterocycles. The van der Waals surface area contributed by atoms with Crippen molar-refractivity contribution in [2.24, 2.45) is 0 Å². The van der Waals surface area contributed by atoms with E-state index >= 15 is 0 Å². The van der Waals surface area contributed by atoms with E-state index in [9.17, 15) is 0 Å². The van der Waals surface area contributed by atoms with Crippen molar-refractivity contribution in [3.8, 4) is 28.3 Å². The lowest BCUT2D eigenvalue weighted by atomic mass is 10.0. The van der Waals surface area contributed by atoms with Gasteiger partial charge < -0.3 is 13.6 Å². The first kappa shape index (κ1) is 30.2. The van der Waals surface area contributed by atoms with Crippen LogP contribution in [0.25, 0.3) is 110 Å². The third-order valence-corrected chi connectivity index (χ3v) is 11.4. The second-order valence-corrected chi connectivity index (χ2v) is 14.4. The van der Waals surface area contributed by atoms with Crippen molar-refractivity contribution in [2.75, 3.05) is 0 Å². The zero-order valence-electron chi connectivity index (χ0n) is 29.8. The van der Waals surface area contributed by atoms with Crippen LogP contribution < -0.4 is 0 Å². The average Bonchev–Trinajstić information content (AvgIpc) is 3.91. The summed E-state index contributed by atoms with van der Waals surface area (Å²) in [5, 5.41) is 8.05. The minimum atomic E-state index is 0.680. The summed E-state index contributed by atoms with van der Waals surface area (Å²) in [4.78, 5) is 10.4. The van der Waals surface area contributed by atoms with Crippen LogP contribution in [0.4, 0.5) is 0 Å². The number of hydrogen-bond donors (Lipinski definition) is 0. The zero-order chi connectivity index (χ0) is 36.0. The van der Waals surface area contributed by atoms with Gasteiger partial charge in [0.1, 0.15) is 11.2 Å². The van der Waals surface area contributed by atoms with Gasteiger partial charge in [0, 0.05) is 60.6 Å². The number of benzene rings is 7. The normalized spacial score (nSPS) is 13.3. The van der Waals surface area contributed by atoms with E-state index in [1.807, 2.05) is 30.3 Å². The van der Waals surface area contributed by atoms with E-state index in [-0.39, 0.29) is 0 Å². The molecule has 0 bridgehead atoms. The molecule has 0 aliphatic heterocycles. The summed E-state index contributed by atoms with van der Waals surface area (Å²) in [7, 11) is 0. The van der Waals surface area contributed by atoms with Crippen molar-refractivity contribution in [3.63, 3.8) is 0 Å². The highest BCUT2D eigenvalue weighted by atomic mass is 16.3. The van der Waals surface area contributed by atoms with Crippen LogP contribution in [0.5, 0.6) is 0 Å². The first-order valence-corrected chi connectivity index (χ1v) is 18.9. The van der Waals surface area contributed by atoms with Gasteiger partial charge in [0.2, 0.25) is 0 Å². The Hall–Kier alpha value is -7.24. The second kappa shape index (κ2) is 11.6. The molecule has 5 heteroatoms. The third-order valence-electron chi connectivity index (χ3n) is 11.4. The molecule has 1 aliphatic carbocycles. The molecule has 5 nitrogen and oxygen atoms in total. The molecule has 7 aromatic carbocycles. The van der Waals surface area contributed by atoms with Crippen LogP contribution in [-0.2, 0) is 0 Å². The number of aromatic nitrogens is 4. The molecule has 0 saturated carbocycles. The highest BCUT2D eigenvalue weighted by Crippen LogP contribution is 2.44. The molecule has 0 amide bonds. The maximum atomic E-state index is 6.74. The number of para-hydroxylation sites is 3. The molecule has 0 N–H and O–H groups in total. The van der Waals surface area contributed by atoms with Crippen LogP contribution in [-0.4, -0.2) is 19.1 Å². The molecular weight excluding hydrogens is 673 g/mol. The van der Waals surface area contributed by atoms with Gasteiger partial charge in [0.25, 0.3) is 0 Å². The minimum absolute atomic E-state index is 0.680. The lowest BCUT2D eigenvalue weighted by Crippen LogP contribution is -2.01. The Morgan fingerprint density at radius 3 is 2.00 bits per heavy atom. The van der Waals surface area contributed by atoms with Crippen LogP contribution in [0.3, 0.4) is 0 Å². The molecule has 11 aromatic rings. The summed E-state index contributed by atoms with van der Waals surface area (Å²) in [6, 6.07) is 53.7. The maximum Gasteiger partial charge on any atom is 0.161 e. The molecule has 12 rings (SSSR count). The van der Waals surface area contributed by atoms with Crippen molar-refractivity contribution in [1.82, 2.24) is 19.1 Å². The number of furan rings is 1. The Labute approximate surface area is 315 Å². The fraction of sp³-hybridized carbons (Fsp3) is 0.0400. The van der Waals surface area contributed by atoms with Gasteiger partial charge in [-0.2, -0.15) is 0 Å². The summed E-state index contributed by atoms with van der Waals surface area (Å²) < 4.78 is 11.7. The Morgan fingerprint density at radius 1 is 0.527 bits per heavy atom. The molecule has 4 heterocycles. The molecule has 4 aromatic heterocycles. The molecule has 0 radical (unpaired) electrons. The predicted molar refractivity (Wildman–Crippen MR) is 228 cm³/mol. The van der Waals surface area contributed by atoms with E-state index in [2.05, 4.69) is 149 Å². The van der Waals surface area contributed by atoms with E-state index in [0.717, 1.165) is 73.7 Å². The quantitative estimate of drug-likeness (QED) is 0.183. The molecule has 0 unspecified atom stereocenters. The largest absolute Gasteiger partial charge is 0.456 e. The third kappa shape index (κ3) is 4.41. The van der Waals surface area contributed by atoms with E-state index in [1.165, 1.54) is 43.8 Å². The van der Waals surface area contributed by atoms with Crippen molar-refractivity contribution in [2.45, 2.75) is 12.8 Å². The van der Waals surface area contributed by atoms with Crippen LogP contribution in [0.1, 0.15) is 12.8 Å². The number of allylic oxidation sites excluding steroid dienone is 4. The first-order chi connectivity index (χ1) is 27.3. The minimum Gasteiger partial charge on any atom is -0.456 e. The maximum absolute atomic E-state index is 6.74. The zero-order valence-corrected chi connectivity index (χ0v) is 29.8. The van der Waals surface area contributed by atoms with Gasteiger partial charge in [0.05, 0.1) is 39.0 Å². The molecule has 0 spiro atoms. The lowest BCUT2D eigenvalue weighted by Gasteiger charge is -2.16. The van der Waals surface area contributed by atoms with Crippen LogP contribution >= 0.6 is 0 Å². The smallest absolute Gasteiger partial charge is 0.161 e. The van der Waals surface area contributed by atoms with Gasteiger partial charge >= 0.3 is 0 Å². The number of hydrogen-bond acceptors (Lipinski definition) is 3. The summed E-state index contributed by atoms with van der Waals surface area (Å²) in [5.74, 6) is 0.680. The summed E-state index contributed by atoms with van der Waals surface area (Å²) >= 11 is 0. The summed E-state index contributed by atoms with van der Waals surface area (Å²) in [6.45, 7) is 0. The highest BCUT2D eigenvalue weighted by molar-refractivity contribution is 6.24. The van der Waals surface area contributed by atoms with Gasteiger partial charge in [-0.05, 0) is 55.3 Å². The highest BCUT2D eigenvalue weighted by Gasteiger charge is 2.23. The van der Waals surface area contributed by atoms with E-state index < -0.39 is 0 Å². The van der Waals surface area contributed by atoms with E-state index in [1.54, 1.807) is 0 Å². The van der Waals surface area contributed by atoms with Crippen molar-refractivity contribution < 1.29 is 4.42 Å². The Morgan fingerprint density at radius 2 is 1.22 bits per heavy atom. The van der Waals surface area contributed by atoms with Gasteiger partial charge in [-0.15, -0.1) is 0 Å². The Balaban J connectivity index is 1.12. The van der Waals surface area contributed by atoms with Crippen molar-refractivity contribution in [1.29, 1.82) is 0 Å². The monoisotopic (exact) mass is 704 g/mol. The van der Waals surface area contributed by atoms with Crippen LogP contribution in [0.2, 0.25) is 0 Å². The van der Waals surface area contributed by atoms with Crippen molar-refractivity contribution in [3.05, 3.63) is 170 Å². The van der Waals surface area contributed by atoms with Gasteiger partial charge in [0.15, 0.2) is 5.82 Å². The molecule has 258 valence electrons. The van der Waals surface area contributed by atoms with E-state index in [4.69, 9.17) is 14.4 Å². The Bertz CT molecular complexity index is 3430. The van der Waals surface area contributed by atoms with Gasteiger partial charge in [-0.1, -0.05) is 121 Å². The molecule has 55 heavy (non-hydrogen) atoms. The van der Waals surface area contributed by atoms with E-state index in [0.29, 0.717) is 5.82 Å². The number of fused-ring (bicyclic) bond motifs is 11. The average molecular weight is 705 g/mol. The fourth-order valence-corrected chi connectivity index (χ4v) is 9.00. The molecule has 1 aliphatic rings.